The van der Waals surface area contributed by atoms with Crippen molar-refractivity contribution in [3.8, 4) is 5.75 Å². The normalized spacial score (nSPS) is 19.2. The molecule has 2 aromatic rings. The summed E-state index contributed by atoms with van der Waals surface area (Å²) >= 11 is 11.9. The number of nitrogens with zero attached hydrogens (tertiary/aromatic N) is 1. The Morgan fingerprint density at radius 3 is 2.37 bits per heavy atom. The van der Waals surface area contributed by atoms with Gasteiger partial charge in [-0.2, -0.15) is 9.79 Å². The van der Waals surface area contributed by atoms with Crippen LogP contribution in [0.15, 0.2) is 47.4 Å². The second-order valence-electron chi connectivity index (χ2n) is 8.83. The predicted octanol–water partition coefficient (Wildman–Crippen LogP) is 4.14. The Bertz CT molecular complexity index is 1180. The third kappa shape index (κ3) is 6.46. The van der Waals surface area contributed by atoms with Gasteiger partial charge in [0.05, 0.1) is 16.9 Å². The van der Waals surface area contributed by atoms with E-state index in [1.54, 1.807) is 6.92 Å². The maximum Gasteiger partial charge on any atom is 0.335 e. The topological polar surface area (TPSA) is 102 Å². The number of hydrogen-bond donors (Lipinski definition) is 1. The minimum absolute atomic E-state index is 0.103. The van der Waals surface area contributed by atoms with Crippen LogP contribution in [0, 0.1) is 5.92 Å². The average molecular weight is 541 g/mol. The second kappa shape index (κ2) is 10.7. The zero-order valence-electron chi connectivity index (χ0n) is 19.1. The minimum atomic E-state index is -4.03. The molecule has 0 bridgehead atoms. The predicted molar refractivity (Wildman–Crippen MR) is 131 cm³/mol. The van der Waals surface area contributed by atoms with Gasteiger partial charge >= 0.3 is 5.97 Å². The molecule has 35 heavy (non-hydrogen) atoms. The molecule has 11 heteroatoms. The molecule has 1 N–H and O–H groups in total. The van der Waals surface area contributed by atoms with Gasteiger partial charge < -0.3 is 9.57 Å². The first-order chi connectivity index (χ1) is 16.6. The number of hydroxylamine groups is 1. The molecule has 1 amide bonds. The smallest absolute Gasteiger partial charge is 0.335 e. The Morgan fingerprint density at radius 1 is 1.09 bits per heavy atom. The molecular weight excluding hydrogens is 515 g/mol. The van der Waals surface area contributed by atoms with E-state index in [9.17, 15) is 18.0 Å². The van der Waals surface area contributed by atoms with Gasteiger partial charge in [-0.3, -0.25) is 4.79 Å². The summed E-state index contributed by atoms with van der Waals surface area (Å²) in [7, 11) is -4.03. The van der Waals surface area contributed by atoms with Gasteiger partial charge in [0, 0.05) is 16.6 Å². The molecule has 188 valence electrons. The minimum Gasteiger partial charge on any atom is -0.490 e. The molecular formula is C24H26Cl2N2O6S. The number of hydrogen-bond acceptors (Lipinski definition) is 6. The van der Waals surface area contributed by atoms with Gasteiger partial charge in [0.2, 0.25) is 10.0 Å². The lowest BCUT2D eigenvalue weighted by Gasteiger charge is -2.23. The van der Waals surface area contributed by atoms with Gasteiger partial charge in [0.15, 0.2) is 0 Å². The van der Waals surface area contributed by atoms with E-state index < -0.39 is 33.9 Å². The summed E-state index contributed by atoms with van der Waals surface area (Å²) in [5.41, 5.74) is 3.07. The third-order valence-corrected chi connectivity index (χ3v) is 8.22. The van der Waals surface area contributed by atoms with Crippen LogP contribution in [0.5, 0.6) is 5.75 Å². The average Bonchev–Trinajstić information content (AvgIpc) is 3.48. The molecule has 8 nitrogen and oxygen atoms in total. The van der Waals surface area contributed by atoms with Gasteiger partial charge in [-0.1, -0.05) is 42.3 Å². The molecule has 1 unspecified atom stereocenters. The Kier molecular flexibility index (Phi) is 7.90. The Balaban J connectivity index is 1.32. The number of carbonyl (C=O) groups excluding carboxylic acids is 2. The molecule has 2 fully saturated rings. The highest BCUT2D eigenvalue weighted by Crippen LogP contribution is 2.30. The van der Waals surface area contributed by atoms with E-state index >= 15 is 0 Å². The zero-order chi connectivity index (χ0) is 25.2. The van der Waals surface area contributed by atoms with Crippen LogP contribution < -0.4 is 10.2 Å². The quantitative estimate of drug-likeness (QED) is 0.504. The first kappa shape index (κ1) is 25.8. The molecule has 2 atom stereocenters. The fraction of sp³-hybridized carbons (Fsp3) is 0.417. The van der Waals surface area contributed by atoms with Crippen molar-refractivity contribution in [2.75, 3.05) is 6.54 Å². The van der Waals surface area contributed by atoms with Crippen molar-refractivity contribution in [1.29, 1.82) is 0 Å². The Labute approximate surface area is 214 Å². The highest BCUT2D eigenvalue weighted by molar-refractivity contribution is 7.89. The van der Waals surface area contributed by atoms with E-state index in [2.05, 4.69) is 5.48 Å². The molecule has 2 aliphatic rings. The number of rotatable bonds is 8. The van der Waals surface area contributed by atoms with Crippen molar-refractivity contribution >= 4 is 45.1 Å². The van der Waals surface area contributed by atoms with E-state index in [-0.39, 0.29) is 21.5 Å². The van der Waals surface area contributed by atoms with Crippen molar-refractivity contribution < 1.29 is 27.6 Å². The molecule has 0 radical (unpaired) electrons. The number of nitrogens with one attached hydrogen (secondary N) is 1. The van der Waals surface area contributed by atoms with Crippen molar-refractivity contribution in [2.24, 2.45) is 5.92 Å². The van der Waals surface area contributed by atoms with Crippen molar-refractivity contribution in [2.45, 2.75) is 56.1 Å². The molecule has 1 aliphatic carbocycles. The maximum atomic E-state index is 13.1. The molecule has 2 aromatic carbocycles. The van der Waals surface area contributed by atoms with E-state index in [0.717, 1.165) is 28.5 Å². The lowest BCUT2D eigenvalue weighted by molar-refractivity contribution is -0.162. The van der Waals surface area contributed by atoms with E-state index in [0.29, 0.717) is 25.4 Å². The van der Waals surface area contributed by atoms with Crippen LogP contribution >= 0.6 is 23.2 Å². The highest BCUT2D eigenvalue weighted by atomic mass is 35.5. The lowest BCUT2D eigenvalue weighted by Crippen LogP contribution is -2.46. The van der Waals surface area contributed by atoms with Crippen LogP contribution in [0.4, 0.5) is 0 Å². The largest absolute Gasteiger partial charge is 0.490 e. The number of halogens is 2. The third-order valence-electron chi connectivity index (χ3n) is 5.90. The van der Waals surface area contributed by atoms with Crippen LogP contribution in [0.25, 0.3) is 0 Å². The number of benzene rings is 2. The van der Waals surface area contributed by atoms with Crippen molar-refractivity contribution in [3.63, 3.8) is 0 Å². The van der Waals surface area contributed by atoms with E-state index in [1.165, 1.54) is 18.2 Å². The SMILES string of the molecule is CC(Cc1ccc(OC2CC2)cc1)C(=O)ONC(=O)[C@@H]1CCCN1S(=O)(=O)c1cc(Cl)cc(Cl)c1. The van der Waals surface area contributed by atoms with Gasteiger partial charge in [0.1, 0.15) is 11.8 Å². The molecule has 1 saturated heterocycles. The Morgan fingerprint density at radius 2 is 1.74 bits per heavy atom. The van der Waals surface area contributed by atoms with Crippen LogP contribution in [0.3, 0.4) is 0 Å². The lowest BCUT2D eigenvalue weighted by atomic mass is 10.0. The summed E-state index contributed by atoms with van der Waals surface area (Å²) in [5.74, 6) is -1.05. The second-order valence-corrected chi connectivity index (χ2v) is 11.6. The van der Waals surface area contributed by atoms with E-state index in [1.807, 2.05) is 24.3 Å². The zero-order valence-corrected chi connectivity index (χ0v) is 21.4. The fourth-order valence-corrected chi connectivity index (χ4v) is 6.27. The maximum absolute atomic E-state index is 13.1. The highest BCUT2D eigenvalue weighted by Gasteiger charge is 2.40. The molecule has 1 saturated carbocycles. The van der Waals surface area contributed by atoms with Crippen LogP contribution in [-0.2, 0) is 30.9 Å². The summed E-state index contributed by atoms with van der Waals surface area (Å²) in [6, 6.07) is 10.5. The molecule has 0 spiro atoms. The van der Waals surface area contributed by atoms with Gasteiger partial charge in [0.25, 0.3) is 5.91 Å². The number of carbonyl (C=O) groups is 2. The number of amides is 1. The fourth-order valence-electron chi connectivity index (χ4n) is 3.89. The van der Waals surface area contributed by atoms with Gasteiger partial charge in [-0.25, -0.2) is 13.2 Å². The molecule has 4 rings (SSSR count). The van der Waals surface area contributed by atoms with Crippen molar-refractivity contribution in [1.82, 2.24) is 9.79 Å². The first-order valence-electron chi connectivity index (χ1n) is 11.4. The monoisotopic (exact) mass is 540 g/mol. The van der Waals surface area contributed by atoms with E-state index in [4.69, 9.17) is 32.8 Å². The van der Waals surface area contributed by atoms with Crippen LogP contribution in [-0.4, -0.2) is 43.3 Å². The summed E-state index contributed by atoms with van der Waals surface area (Å²) in [6.07, 6.45) is 3.66. The summed E-state index contributed by atoms with van der Waals surface area (Å²) < 4.78 is 33.0. The van der Waals surface area contributed by atoms with Gasteiger partial charge in [-0.05, 0) is 68.0 Å². The van der Waals surface area contributed by atoms with Gasteiger partial charge in [-0.15, -0.1) is 0 Å². The standard InChI is InChI=1S/C24H26Cl2N2O6S/c1-15(11-16-4-6-19(7-5-16)33-20-8-9-20)24(30)34-27-23(29)22-3-2-10-28(22)35(31,32)21-13-17(25)12-18(26)14-21/h4-7,12-15,20,22H,2-3,8-11H2,1H3,(H,27,29)/t15?,22-/m0/s1. The summed E-state index contributed by atoms with van der Waals surface area (Å²) in [5, 5.41) is 0.341. The number of sulfonamides is 1. The van der Waals surface area contributed by atoms with Crippen molar-refractivity contribution in [3.05, 3.63) is 58.1 Å². The molecule has 1 aliphatic heterocycles. The molecule has 1 heterocycles. The Hall–Kier alpha value is -2.33. The van der Waals surface area contributed by atoms with Crippen LogP contribution in [0.1, 0.15) is 38.2 Å². The summed E-state index contributed by atoms with van der Waals surface area (Å²) in [6.45, 7) is 1.84. The first-order valence-corrected chi connectivity index (χ1v) is 13.6. The number of ether oxygens (including phenoxy) is 1. The molecule has 0 aromatic heterocycles. The summed E-state index contributed by atoms with van der Waals surface area (Å²) in [4.78, 5) is 30.1. The van der Waals surface area contributed by atoms with Crippen LogP contribution in [0.2, 0.25) is 10.0 Å².